The third kappa shape index (κ3) is 3.98. The normalized spacial score (nSPS) is 13.9. The number of hydrogen-bond donors (Lipinski definition) is 2. The van der Waals surface area contributed by atoms with E-state index in [1.807, 2.05) is 18.3 Å². The van der Waals surface area contributed by atoms with Crippen molar-refractivity contribution in [3.8, 4) is 0 Å². The van der Waals surface area contributed by atoms with Crippen LogP contribution in [-0.2, 0) is 6.42 Å². The maximum absolute atomic E-state index is 5.55. The lowest BCUT2D eigenvalue weighted by molar-refractivity contribution is 0.257. The van der Waals surface area contributed by atoms with Gasteiger partial charge in [0.1, 0.15) is 0 Å². The monoisotopic (exact) mass is 207 g/mol. The Hall–Kier alpha value is -0.930. The highest BCUT2D eigenvalue weighted by Crippen LogP contribution is 2.22. The van der Waals surface area contributed by atoms with E-state index in [0.29, 0.717) is 6.04 Å². The van der Waals surface area contributed by atoms with E-state index < -0.39 is 0 Å². The molecular weight excluding hydrogens is 186 g/mol. The Kier molecular flexibility index (Phi) is 4.24. The summed E-state index contributed by atoms with van der Waals surface area (Å²) in [6.07, 6.45) is 3.81. The van der Waals surface area contributed by atoms with Crippen LogP contribution in [0.2, 0.25) is 0 Å². The highest BCUT2D eigenvalue weighted by Gasteiger charge is 2.22. The molecule has 0 saturated carbocycles. The molecule has 0 aromatic carbocycles. The maximum Gasteiger partial charge on any atom is 0.0404 e. The number of pyridine rings is 1. The molecule has 0 aliphatic heterocycles. The lowest BCUT2D eigenvalue weighted by Crippen LogP contribution is -2.44. The fourth-order valence-electron chi connectivity index (χ4n) is 1.60. The Morgan fingerprint density at radius 1 is 1.40 bits per heavy atom. The summed E-state index contributed by atoms with van der Waals surface area (Å²) < 4.78 is 0. The molecule has 3 nitrogen and oxygen atoms in total. The molecule has 1 aromatic heterocycles. The first-order valence-electron chi connectivity index (χ1n) is 5.40. The third-order valence-corrected chi connectivity index (χ3v) is 2.66. The molecule has 1 unspecified atom stereocenters. The predicted octanol–water partition coefficient (Wildman–Crippen LogP) is 1.89. The summed E-state index contributed by atoms with van der Waals surface area (Å²) in [5.74, 6) is 5.55. The molecule has 3 heteroatoms. The number of aromatic nitrogens is 1. The van der Waals surface area contributed by atoms with Crippen molar-refractivity contribution in [3.63, 3.8) is 0 Å². The first-order valence-corrected chi connectivity index (χ1v) is 5.40. The van der Waals surface area contributed by atoms with Gasteiger partial charge >= 0.3 is 0 Å². The number of hydrazine groups is 1. The van der Waals surface area contributed by atoms with Crippen molar-refractivity contribution >= 4 is 0 Å². The zero-order chi connectivity index (χ0) is 11.3. The van der Waals surface area contributed by atoms with Gasteiger partial charge in [0, 0.05) is 17.9 Å². The molecule has 0 bridgehead atoms. The summed E-state index contributed by atoms with van der Waals surface area (Å²) in [6, 6.07) is 6.33. The topological polar surface area (TPSA) is 50.9 Å². The molecule has 1 rings (SSSR count). The smallest absolute Gasteiger partial charge is 0.0404 e. The Labute approximate surface area is 92.1 Å². The Morgan fingerprint density at radius 2 is 2.13 bits per heavy atom. The molecule has 0 aliphatic rings. The summed E-state index contributed by atoms with van der Waals surface area (Å²) in [6.45, 7) is 6.57. The minimum absolute atomic E-state index is 0.184. The van der Waals surface area contributed by atoms with Crippen LogP contribution in [0.3, 0.4) is 0 Å². The quantitative estimate of drug-likeness (QED) is 0.585. The average molecular weight is 207 g/mol. The Morgan fingerprint density at radius 3 is 2.60 bits per heavy atom. The van der Waals surface area contributed by atoms with E-state index >= 15 is 0 Å². The van der Waals surface area contributed by atoms with Gasteiger partial charge in [-0.3, -0.25) is 16.3 Å². The highest BCUT2D eigenvalue weighted by molar-refractivity contribution is 5.04. The van der Waals surface area contributed by atoms with E-state index in [1.165, 1.54) is 0 Å². The summed E-state index contributed by atoms with van der Waals surface area (Å²) in [5.41, 5.74) is 4.20. The van der Waals surface area contributed by atoms with E-state index in [-0.39, 0.29) is 5.41 Å². The molecule has 0 saturated heterocycles. The standard InChI is InChI=1S/C12H21N3/c1-12(2,3)11(15-13)8-7-10-6-4-5-9-14-10/h4-6,9,11,15H,7-8,13H2,1-3H3. The summed E-state index contributed by atoms with van der Waals surface area (Å²) in [5, 5.41) is 0. The van der Waals surface area contributed by atoms with Gasteiger partial charge in [0.15, 0.2) is 0 Å². The molecule has 1 atom stereocenters. The number of nitrogens with two attached hydrogens (primary N) is 1. The van der Waals surface area contributed by atoms with Crippen molar-refractivity contribution in [1.29, 1.82) is 0 Å². The molecule has 84 valence electrons. The van der Waals surface area contributed by atoms with Gasteiger partial charge in [-0.1, -0.05) is 26.8 Å². The zero-order valence-electron chi connectivity index (χ0n) is 9.83. The molecule has 0 radical (unpaired) electrons. The molecule has 15 heavy (non-hydrogen) atoms. The second-order valence-electron chi connectivity index (χ2n) is 4.95. The lowest BCUT2D eigenvalue weighted by atomic mass is 9.84. The van der Waals surface area contributed by atoms with Crippen molar-refractivity contribution in [1.82, 2.24) is 10.4 Å². The fraction of sp³-hybridized carbons (Fsp3) is 0.583. The minimum atomic E-state index is 0.184. The van der Waals surface area contributed by atoms with Gasteiger partial charge in [-0.2, -0.15) is 0 Å². The first kappa shape index (κ1) is 12.1. The summed E-state index contributed by atoms with van der Waals surface area (Å²) in [7, 11) is 0. The van der Waals surface area contributed by atoms with E-state index in [9.17, 15) is 0 Å². The van der Waals surface area contributed by atoms with Crippen LogP contribution in [0.4, 0.5) is 0 Å². The van der Waals surface area contributed by atoms with Crippen molar-refractivity contribution in [3.05, 3.63) is 30.1 Å². The molecule has 0 fully saturated rings. The van der Waals surface area contributed by atoms with Crippen LogP contribution >= 0.6 is 0 Å². The van der Waals surface area contributed by atoms with Crippen molar-refractivity contribution in [2.45, 2.75) is 39.7 Å². The summed E-state index contributed by atoms with van der Waals surface area (Å²) >= 11 is 0. The Bertz CT molecular complexity index is 277. The van der Waals surface area contributed by atoms with Crippen molar-refractivity contribution in [2.24, 2.45) is 11.3 Å². The van der Waals surface area contributed by atoms with Crippen molar-refractivity contribution < 1.29 is 0 Å². The number of hydrogen-bond acceptors (Lipinski definition) is 3. The Balaban J connectivity index is 2.49. The van der Waals surface area contributed by atoms with E-state index in [4.69, 9.17) is 5.84 Å². The van der Waals surface area contributed by atoms with Gasteiger partial charge in [-0.15, -0.1) is 0 Å². The van der Waals surface area contributed by atoms with Gasteiger partial charge in [0.25, 0.3) is 0 Å². The van der Waals surface area contributed by atoms with Crippen LogP contribution in [0.5, 0.6) is 0 Å². The van der Waals surface area contributed by atoms with Gasteiger partial charge in [0.2, 0.25) is 0 Å². The van der Waals surface area contributed by atoms with Gasteiger partial charge < -0.3 is 0 Å². The van der Waals surface area contributed by atoms with Gasteiger partial charge in [0.05, 0.1) is 0 Å². The molecule has 3 N–H and O–H groups in total. The number of rotatable bonds is 4. The second-order valence-corrected chi connectivity index (χ2v) is 4.95. The zero-order valence-corrected chi connectivity index (χ0v) is 9.83. The molecule has 0 amide bonds. The van der Waals surface area contributed by atoms with Crippen molar-refractivity contribution in [2.75, 3.05) is 0 Å². The lowest BCUT2D eigenvalue weighted by Gasteiger charge is -2.29. The molecular formula is C12H21N3. The number of aryl methyl sites for hydroxylation is 1. The molecule has 0 aliphatic carbocycles. The van der Waals surface area contributed by atoms with Crippen LogP contribution in [-0.4, -0.2) is 11.0 Å². The van der Waals surface area contributed by atoms with Crippen LogP contribution < -0.4 is 11.3 Å². The number of nitrogens with one attached hydrogen (secondary N) is 1. The largest absolute Gasteiger partial charge is 0.271 e. The number of nitrogens with zero attached hydrogens (tertiary/aromatic N) is 1. The summed E-state index contributed by atoms with van der Waals surface area (Å²) in [4.78, 5) is 4.30. The van der Waals surface area contributed by atoms with E-state index in [0.717, 1.165) is 18.5 Å². The molecule has 1 aromatic rings. The van der Waals surface area contributed by atoms with Gasteiger partial charge in [-0.05, 0) is 30.4 Å². The SMILES string of the molecule is CC(C)(C)C(CCc1ccccn1)NN. The molecule has 1 heterocycles. The first-order chi connectivity index (χ1) is 7.04. The average Bonchev–Trinajstić information content (AvgIpc) is 2.18. The fourth-order valence-corrected chi connectivity index (χ4v) is 1.60. The van der Waals surface area contributed by atoms with Crippen LogP contribution in [0.25, 0.3) is 0 Å². The van der Waals surface area contributed by atoms with Gasteiger partial charge in [-0.25, -0.2) is 0 Å². The van der Waals surface area contributed by atoms with E-state index in [2.05, 4.69) is 37.2 Å². The van der Waals surface area contributed by atoms with Crippen LogP contribution in [0, 0.1) is 5.41 Å². The predicted molar refractivity (Wildman–Crippen MR) is 63.1 cm³/mol. The van der Waals surface area contributed by atoms with Crippen LogP contribution in [0.1, 0.15) is 32.9 Å². The third-order valence-electron chi connectivity index (χ3n) is 2.66. The maximum atomic E-state index is 5.55. The van der Waals surface area contributed by atoms with E-state index in [1.54, 1.807) is 0 Å². The molecule has 0 spiro atoms. The highest BCUT2D eigenvalue weighted by atomic mass is 15.2. The van der Waals surface area contributed by atoms with Crippen LogP contribution in [0.15, 0.2) is 24.4 Å². The second kappa shape index (κ2) is 5.24. The minimum Gasteiger partial charge on any atom is -0.271 e.